The zero-order valence-corrected chi connectivity index (χ0v) is 9.61. The van der Waals surface area contributed by atoms with Crippen molar-refractivity contribution in [3.63, 3.8) is 0 Å². The highest BCUT2D eigenvalue weighted by Crippen LogP contribution is 2.30. The largest absolute Gasteiger partial charge is 0.573 e. The molecular weight excluding hydrogens is 267 g/mol. The quantitative estimate of drug-likeness (QED) is 0.841. The summed E-state index contributed by atoms with van der Waals surface area (Å²) in [5, 5.41) is 8.70. The first-order valence-corrected chi connectivity index (χ1v) is 4.92. The summed E-state index contributed by atoms with van der Waals surface area (Å²) in [5.41, 5.74) is 3.63. The minimum atomic E-state index is -5.01. The first-order valence-electron chi connectivity index (χ1n) is 4.92. The number of nitrogens with two attached hydrogens (primary N) is 1. The second-order valence-electron chi connectivity index (χ2n) is 3.15. The summed E-state index contributed by atoms with van der Waals surface area (Å²) >= 11 is 0. The Bertz CT molecular complexity index is 537. The van der Waals surface area contributed by atoms with E-state index in [9.17, 15) is 18.0 Å². The fourth-order valence-corrected chi connectivity index (χ4v) is 1.14. The Morgan fingerprint density at radius 3 is 2.68 bits per heavy atom. The van der Waals surface area contributed by atoms with Gasteiger partial charge in [-0.1, -0.05) is 0 Å². The third-order valence-corrected chi connectivity index (χ3v) is 1.84. The predicted molar refractivity (Wildman–Crippen MR) is 56.0 cm³/mol. The van der Waals surface area contributed by atoms with Gasteiger partial charge in [-0.25, -0.2) is 9.78 Å². The molecule has 1 heterocycles. The highest BCUT2D eigenvalue weighted by atomic mass is 19.4. The molecule has 19 heavy (non-hydrogen) atoms. The van der Waals surface area contributed by atoms with Gasteiger partial charge in [-0.3, -0.25) is 0 Å². The van der Waals surface area contributed by atoms with Crippen molar-refractivity contribution in [2.45, 2.75) is 13.3 Å². The topological polar surface area (TPSA) is 98.2 Å². The average Bonchev–Trinajstić information content (AvgIpc) is 2.30. The summed E-state index contributed by atoms with van der Waals surface area (Å²) in [4.78, 5) is 14.9. The first kappa shape index (κ1) is 14.6. The second-order valence-corrected chi connectivity index (χ2v) is 3.15. The van der Waals surface area contributed by atoms with Gasteiger partial charge in [-0.2, -0.15) is 5.26 Å². The maximum atomic E-state index is 12.1. The number of nitrogens with zero attached hydrogens (tertiary/aromatic N) is 2. The van der Waals surface area contributed by atoms with Gasteiger partial charge in [-0.05, 0) is 6.92 Å². The van der Waals surface area contributed by atoms with E-state index in [0.717, 1.165) is 0 Å². The van der Waals surface area contributed by atoms with Crippen molar-refractivity contribution in [1.82, 2.24) is 4.98 Å². The molecule has 0 saturated carbocycles. The van der Waals surface area contributed by atoms with E-state index in [0.29, 0.717) is 6.07 Å². The number of carbonyl (C=O) groups is 1. The zero-order chi connectivity index (χ0) is 14.6. The van der Waals surface area contributed by atoms with Crippen molar-refractivity contribution in [2.75, 3.05) is 12.3 Å². The monoisotopic (exact) mass is 275 g/mol. The Hall–Kier alpha value is -2.50. The molecule has 0 aliphatic heterocycles. The van der Waals surface area contributed by atoms with Gasteiger partial charge in [0.05, 0.1) is 6.61 Å². The van der Waals surface area contributed by atoms with E-state index in [4.69, 9.17) is 11.0 Å². The van der Waals surface area contributed by atoms with Crippen molar-refractivity contribution in [3.05, 3.63) is 17.5 Å². The van der Waals surface area contributed by atoms with Gasteiger partial charge in [0.15, 0.2) is 17.1 Å². The number of rotatable bonds is 3. The summed E-state index contributed by atoms with van der Waals surface area (Å²) in [5.74, 6) is -1.85. The van der Waals surface area contributed by atoms with E-state index >= 15 is 0 Å². The first-order chi connectivity index (χ1) is 8.78. The van der Waals surface area contributed by atoms with Crippen molar-refractivity contribution < 1.29 is 27.4 Å². The van der Waals surface area contributed by atoms with Crippen LogP contribution in [0.4, 0.5) is 18.9 Å². The van der Waals surface area contributed by atoms with Gasteiger partial charge >= 0.3 is 12.3 Å². The van der Waals surface area contributed by atoms with Crippen LogP contribution >= 0.6 is 0 Å². The van der Waals surface area contributed by atoms with Crippen LogP contribution < -0.4 is 10.5 Å². The second kappa shape index (κ2) is 5.43. The van der Waals surface area contributed by atoms with Crippen LogP contribution in [0.3, 0.4) is 0 Å². The fourth-order valence-electron chi connectivity index (χ4n) is 1.14. The maximum absolute atomic E-state index is 12.1. The van der Waals surface area contributed by atoms with Crippen LogP contribution in [-0.4, -0.2) is 23.9 Å². The van der Waals surface area contributed by atoms with Crippen LogP contribution in [-0.2, 0) is 4.74 Å². The molecule has 0 aliphatic rings. The highest BCUT2D eigenvalue weighted by molar-refractivity contribution is 5.89. The van der Waals surface area contributed by atoms with E-state index in [1.165, 1.54) is 13.0 Å². The van der Waals surface area contributed by atoms with Gasteiger partial charge in [0.1, 0.15) is 11.8 Å². The van der Waals surface area contributed by atoms with Gasteiger partial charge in [0, 0.05) is 6.07 Å². The lowest BCUT2D eigenvalue weighted by Gasteiger charge is -2.12. The standard InChI is InChI=1S/C10H8F3N3O3/c1-2-18-9(17)5-3-7(19-10(11,12)13)8(15)6(4-14)16-5/h3H,2,15H2,1H3. The van der Waals surface area contributed by atoms with Crippen molar-refractivity contribution in [1.29, 1.82) is 5.26 Å². The summed E-state index contributed by atoms with van der Waals surface area (Å²) in [6.45, 7) is 1.51. The SMILES string of the molecule is CCOC(=O)c1cc(OC(F)(F)F)c(N)c(C#N)n1. The maximum Gasteiger partial charge on any atom is 0.573 e. The van der Waals surface area contributed by atoms with E-state index in [2.05, 4.69) is 14.5 Å². The lowest BCUT2D eigenvalue weighted by molar-refractivity contribution is -0.274. The highest BCUT2D eigenvalue weighted by Gasteiger charge is 2.33. The lowest BCUT2D eigenvalue weighted by atomic mass is 10.2. The van der Waals surface area contributed by atoms with Crippen LogP contribution in [0.1, 0.15) is 23.1 Å². The number of aromatic nitrogens is 1. The number of hydrogen-bond donors (Lipinski definition) is 1. The molecular formula is C10H8F3N3O3. The number of nitrogen functional groups attached to an aromatic ring is 1. The Morgan fingerprint density at radius 1 is 1.58 bits per heavy atom. The molecule has 0 bridgehead atoms. The Morgan fingerprint density at radius 2 is 2.21 bits per heavy atom. The molecule has 9 heteroatoms. The molecule has 102 valence electrons. The number of hydrogen-bond acceptors (Lipinski definition) is 6. The number of nitriles is 1. The minimum Gasteiger partial charge on any atom is -0.461 e. The zero-order valence-electron chi connectivity index (χ0n) is 9.61. The molecule has 2 N–H and O–H groups in total. The fraction of sp³-hybridized carbons (Fsp3) is 0.300. The molecule has 0 atom stereocenters. The molecule has 0 saturated heterocycles. The normalized spacial score (nSPS) is 10.7. The van der Waals surface area contributed by atoms with E-state index in [-0.39, 0.29) is 6.61 Å². The van der Waals surface area contributed by atoms with Crippen molar-refractivity contribution in [3.8, 4) is 11.8 Å². The molecule has 0 amide bonds. The van der Waals surface area contributed by atoms with Crippen LogP contribution in [0.2, 0.25) is 0 Å². The summed E-state index contributed by atoms with van der Waals surface area (Å²) in [6, 6.07) is 2.14. The third-order valence-electron chi connectivity index (χ3n) is 1.84. The van der Waals surface area contributed by atoms with E-state index < -0.39 is 35.2 Å². The van der Waals surface area contributed by atoms with Crippen LogP contribution in [0.5, 0.6) is 5.75 Å². The number of carbonyl (C=O) groups excluding carboxylic acids is 1. The molecule has 1 rings (SSSR count). The Labute approximate surface area is 105 Å². The molecule has 0 aliphatic carbocycles. The van der Waals surface area contributed by atoms with Gasteiger partial charge in [0.2, 0.25) is 0 Å². The lowest BCUT2D eigenvalue weighted by Crippen LogP contribution is -2.19. The molecule has 1 aromatic rings. The van der Waals surface area contributed by atoms with Crippen LogP contribution in [0, 0.1) is 11.3 Å². The number of esters is 1. The van der Waals surface area contributed by atoms with Crippen LogP contribution in [0.25, 0.3) is 0 Å². The molecule has 1 aromatic heterocycles. The van der Waals surface area contributed by atoms with Crippen LogP contribution in [0.15, 0.2) is 6.07 Å². The van der Waals surface area contributed by atoms with E-state index in [1.807, 2.05) is 0 Å². The summed E-state index contributed by atoms with van der Waals surface area (Å²) < 4.78 is 44.6. The summed E-state index contributed by atoms with van der Waals surface area (Å²) in [7, 11) is 0. The number of halogens is 3. The number of pyridine rings is 1. The van der Waals surface area contributed by atoms with Crippen molar-refractivity contribution in [2.24, 2.45) is 0 Å². The Kier molecular flexibility index (Phi) is 4.16. The van der Waals surface area contributed by atoms with Gasteiger partial charge < -0.3 is 15.2 Å². The average molecular weight is 275 g/mol. The minimum absolute atomic E-state index is 0.00222. The number of anilines is 1. The third kappa shape index (κ3) is 3.74. The number of ether oxygens (including phenoxy) is 2. The van der Waals surface area contributed by atoms with Gasteiger partial charge in [-0.15, -0.1) is 13.2 Å². The molecule has 0 radical (unpaired) electrons. The molecule has 0 aromatic carbocycles. The smallest absolute Gasteiger partial charge is 0.461 e. The molecule has 0 unspecified atom stereocenters. The van der Waals surface area contributed by atoms with E-state index in [1.54, 1.807) is 0 Å². The summed E-state index contributed by atoms with van der Waals surface area (Å²) in [6.07, 6.45) is -5.01. The predicted octanol–water partition coefficient (Wildman–Crippen LogP) is 1.61. The molecule has 0 spiro atoms. The Balaban J connectivity index is 3.27. The molecule has 0 fully saturated rings. The molecule has 6 nitrogen and oxygen atoms in total. The number of alkyl halides is 3. The van der Waals surface area contributed by atoms with Gasteiger partial charge in [0.25, 0.3) is 0 Å². The van der Waals surface area contributed by atoms with Crippen molar-refractivity contribution >= 4 is 11.7 Å².